The molecule has 0 radical (unpaired) electrons. The molecule has 0 unspecified atom stereocenters. The molecule has 0 saturated heterocycles. The van der Waals surface area contributed by atoms with Crippen molar-refractivity contribution in [2.24, 2.45) is 4.99 Å². The van der Waals surface area contributed by atoms with Crippen molar-refractivity contribution in [1.29, 1.82) is 0 Å². The second-order valence-corrected chi connectivity index (χ2v) is 2.81. The lowest BCUT2D eigenvalue weighted by Gasteiger charge is -2.06. The highest BCUT2D eigenvalue weighted by atomic mass is 16.4. The van der Waals surface area contributed by atoms with Gasteiger partial charge in [0.2, 0.25) is 0 Å². The van der Waals surface area contributed by atoms with Crippen LogP contribution >= 0.6 is 0 Å². The van der Waals surface area contributed by atoms with Gasteiger partial charge in [0.1, 0.15) is 0 Å². The third-order valence-electron chi connectivity index (χ3n) is 1.93. The lowest BCUT2D eigenvalue weighted by atomic mass is 10.1. The van der Waals surface area contributed by atoms with E-state index < -0.39 is 6.09 Å². The van der Waals surface area contributed by atoms with Crippen molar-refractivity contribution in [1.82, 2.24) is 4.90 Å². The van der Waals surface area contributed by atoms with Gasteiger partial charge in [-0.15, -0.1) is 0 Å². The highest BCUT2D eigenvalue weighted by molar-refractivity contribution is 5.76. The Bertz CT molecular complexity index is 364. The second-order valence-electron chi connectivity index (χ2n) is 2.81. The Kier molecular flexibility index (Phi) is 1.73. The number of aliphatic imine (C=N–C) groups is 1. The Hall–Kier alpha value is -1.84. The Balaban J connectivity index is 2.31. The minimum atomic E-state index is -0.932. The fourth-order valence-electron chi connectivity index (χ4n) is 1.29. The number of allylic oxidation sites excluding steroid dienone is 2. The van der Waals surface area contributed by atoms with Crippen LogP contribution < -0.4 is 0 Å². The zero-order valence-electron chi connectivity index (χ0n) is 6.84. The molecule has 2 aliphatic rings. The fourth-order valence-corrected chi connectivity index (χ4v) is 1.29. The van der Waals surface area contributed by atoms with Gasteiger partial charge in [0.15, 0.2) is 0 Å². The summed E-state index contributed by atoms with van der Waals surface area (Å²) in [6.45, 7) is 0.395. The number of hydrogen-bond acceptors (Lipinski definition) is 2. The largest absolute Gasteiger partial charge is 0.465 e. The molecule has 0 saturated carbocycles. The van der Waals surface area contributed by atoms with Gasteiger partial charge < -0.3 is 5.11 Å². The van der Waals surface area contributed by atoms with Crippen LogP contribution in [0.25, 0.3) is 0 Å². The van der Waals surface area contributed by atoms with Gasteiger partial charge in [-0.2, -0.15) is 0 Å². The molecule has 0 aliphatic carbocycles. The number of carboxylic acid groups (broad SMARTS) is 1. The van der Waals surface area contributed by atoms with Crippen LogP contribution in [-0.2, 0) is 0 Å². The quantitative estimate of drug-likeness (QED) is 0.606. The third-order valence-corrected chi connectivity index (χ3v) is 1.93. The van der Waals surface area contributed by atoms with Crippen LogP contribution in [0.2, 0.25) is 0 Å². The summed E-state index contributed by atoms with van der Waals surface area (Å²) >= 11 is 0. The maximum atomic E-state index is 10.6. The Morgan fingerprint density at radius 1 is 1.62 bits per heavy atom. The number of nitrogens with zero attached hydrogens (tertiary/aromatic N) is 2. The molecule has 2 heterocycles. The molecule has 0 bridgehead atoms. The summed E-state index contributed by atoms with van der Waals surface area (Å²) in [5.41, 5.74) is 1.85. The van der Waals surface area contributed by atoms with Crippen LogP contribution in [0, 0.1) is 0 Å². The highest BCUT2D eigenvalue weighted by Gasteiger charge is 2.20. The Morgan fingerprint density at radius 2 is 2.46 bits per heavy atom. The van der Waals surface area contributed by atoms with E-state index in [4.69, 9.17) is 5.11 Å². The van der Waals surface area contributed by atoms with Crippen LogP contribution in [0.1, 0.15) is 0 Å². The second kappa shape index (κ2) is 2.90. The minimum absolute atomic E-state index is 0.395. The molecule has 1 N–H and O–H groups in total. The number of carbonyl (C=O) groups is 1. The van der Waals surface area contributed by atoms with E-state index in [9.17, 15) is 4.79 Å². The van der Waals surface area contributed by atoms with Gasteiger partial charge in [0.25, 0.3) is 0 Å². The van der Waals surface area contributed by atoms with Gasteiger partial charge in [-0.1, -0.05) is 6.08 Å². The molecule has 0 fully saturated rings. The minimum Gasteiger partial charge on any atom is -0.465 e. The molecule has 4 nitrogen and oxygen atoms in total. The van der Waals surface area contributed by atoms with Gasteiger partial charge in [-0.25, -0.2) is 4.79 Å². The molecule has 0 spiro atoms. The van der Waals surface area contributed by atoms with E-state index in [2.05, 4.69) is 4.99 Å². The third kappa shape index (κ3) is 1.38. The van der Waals surface area contributed by atoms with Crippen molar-refractivity contribution in [3.63, 3.8) is 0 Å². The first-order valence-corrected chi connectivity index (χ1v) is 3.88. The smallest absolute Gasteiger partial charge is 0.411 e. The molecular formula is C9H8N2O2. The number of rotatable bonds is 0. The zero-order valence-corrected chi connectivity index (χ0v) is 6.84. The van der Waals surface area contributed by atoms with Crippen molar-refractivity contribution in [2.45, 2.75) is 0 Å². The van der Waals surface area contributed by atoms with E-state index in [1.54, 1.807) is 24.7 Å². The molecule has 2 rings (SSSR count). The number of amides is 1. The van der Waals surface area contributed by atoms with Crippen molar-refractivity contribution < 1.29 is 9.90 Å². The fraction of sp³-hybridized carbons (Fsp3) is 0.111. The van der Waals surface area contributed by atoms with Crippen molar-refractivity contribution in [3.8, 4) is 0 Å². The summed E-state index contributed by atoms with van der Waals surface area (Å²) in [7, 11) is 0. The number of hydrogen-bond donors (Lipinski definition) is 1. The molecule has 66 valence electrons. The van der Waals surface area contributed by atoms with Gasteiger partial charge in [0, 0.05) is 18.6 Å². The summed E-state index contributed by atoms with van der Waals surface area (Å²) in [5.74, 6) is 0. The van der Waals surface area contributed by atoms with Gasteiger partial charge in [-0.3, -0.25) is 9.89 Å². The van der Waals surface area contributed by atoms with Crippen LogP contribution in [0.15, 0.2) is 40.7 Å². The average molecular weight is 176 g/mol. The molecule has 2 aliphatic heterocycles. The monoisotopic (exact) mass is 176 g/mol. The number of fused-ring (bicyclic) bond motifs is 1. The summed E-state index contributed by atoms with van der Waals surface area (Å²) in [5, 5.41) is 8.72. The van der Waals surface area contributed by atoms with Gasteiger partial charge in [-0.05, 0) is 17.2 Å². The molecule has 0 aromatic rings. The summed E-state index contributed by atoms with van der Waals surface area (Å²) in [6, 6.07) is 0. The summed E-state index contributed by atoms with van der Waals surface area (Å²) in [4.78, 5) is 15.8. The van der Waals surface area contributed by atoms with Crippen molar-refractivity contribution in [2.75, 3.05) is 6.54 Å². The standard InChI is InChI=1S/C9H8N2O2/c12-9(13)11-5-7-2-1-3-10-4-8(7)6-11/h1-5H,6H2,(H,12,13). The molecule has 0 atom stereocenters. The van der Waals surface area contributed by atoms with E-state index in [0.717, 1.165) is 11.1 Å². The lowest BCUT2D eigenvalue weighted by molar-refractivity contribution is 0.167. The predicted molar refractivity (Wildman–Crippen MR) is 48.5 cm³/mol. The SMILES string of the molecule is O=C(O)N1C=C2C=CC=NC=C2C1. The molecule has 1 amide bonds. The van der Waals surface area contributed by atoms with Crippen LogP contribution in [0.4, 0.5) is 4.79 Å². The van der Waals surface area contributed by atoms with E-state index >= 15 is 0 Å². The van der Waals surface area contributed by atoms with Crippen LogP contribution in [-0.4, -0.2) is 28.9 Å². The Morgan fingerprint density at radius 3 is 3.23 bits per heavy atom. The van der Waals surface area contributed by atoms with Crippen LogP contribution in [0.3, 0.4) is 0 Å². The maximum Gasteiger partial charge on any atom is 0.411 e. The van der Waals surface area contributed by atoms with Crippen molar-refractivity contribution in [3.05, 3.63) is 35.7 Å². The highest BCUT2D eigenvalue weighted by Crippen LogP contribution is 2.22. The first-order valence-electron chi connectivity index (χ1n) is 3.88. The van der Waals surface area contributed by atoms with E-state index in [1.807, 2.05) is 6.08 Å². The van der Waals surface area contributed by atoms with E-state index in [1.165, 1.54) is 4.90 Å². The topological polar surface area (TPSA) is 52.9 Å². The first-order chi connectivity index (χ1) is 6.27. The van der Waals surface area contributed by atoms with Crippen molar-refractivity contribution >= 4 is 12.3 Å². The summed E-state index contributed by atoms with van der Waals surface area (Å²) in [6.07, 6.45) is 7.69. The zero-order chi connectivity index (χ0) is 9.26. The maximum absolute atomic E-state index is 10.6. The normalized spacial score (nSPS) is 19.2. The van der Waals surface area contributed by atoms with Gasteiger partial charge >= 0.3 is 6.09 Å². The molecule has 4 heteroatoms. The molecule has 0 aromatic carbocycles. The Labute approximate surface area is 75.2 Å². The summed E-state index contributed by atoms with van der Waals surface area (Å²) < 4.78 is 0. The van der Waals surface area contributed by atoms with E-state index in [-0.39, 0.29) is 0 Å². The van der Waals surface area contributed by atoms with Gasteiger partial charge in [0.05, 0.1) is 6.54 Å². The first kappa shape index (κ1) is 7.79. The molecule has 0 aromatic heterocycles. The molecule has 13 heavy (non-hydrogen) atoms. The lowest BCUT2D eigenvalue weighted by Crippen LogP contribution is -2.21. The predicted octanol–water partition coefficient (Wildman–Crippen LogP) is 1.39. The molecular weight excluding hydrogens is 168 g/mol. The average Bonchev–Trinajstić information content (AvgIpc) is 2.38. The van der Waals surface area contributed by atoms with E-state index in [0.29, 0.717) is 6.54 Å². The van der Waals surface area contributed by atoms with Crippen LogP contribution in [0.5, 0.6) is 0 Å².